The number of aromatic nitrogens is 4. The van der Waals surface area contributed by atoms with Crippen LogP contribution in [0.25, 0.3) is 4.96 Å². The van der Waals surface area contributed by atoms with E-state index in [1.54, 1.807) is 4.52 Å². The molecule has 6 nitrogen and oxygen atoms in total. The van der Waals surface area contributed by atoms with E-state index in [-0.39, 0.29) is 0 Å². The summed E-state index contributed by atoms with van der Waals surface area (Å²) in [4.78, 5) is 0.732. The molecule has 1 N–H and O–H groups in total. The van der Waals surface area contributed by atoms with Crippen molar-refractivity contribution in [1.82, 2.24) is 19.8 Å². The Bertz CT molecular complexity index is 904. The molecule has 0 atom stereocenters. The van der Waals surface area contributed by atoms with Crippen LogP contribution in [0.5, 0.6) is 5.75 Å². The smallest absolute Gasteiger partial charge is 0.236 e. The topological polar surface area (TPSA) is 64.3 Å². The van der Waals surface area contributed by atoms with E-state index >= 15 is 0 Å². The second-order valence-electron chi connectivity index (χ2n) is 4.81. The zero-order chi connectivity index (χ0) is 15.5. The highest BCUT2D eigenvalue weighted by molar-refractivity contribution is 7.20. The van der Waals surface area contributed by atoms with Crippen LogP contribution < -0.4 is 10.1 Å². The maximum atomic E-state index is 5.71. The molecular weight excluding hydrogens is 310 g/mol. The summed E-state index contributed by atoms with van der Waals surface area (Å²) in [6.07, 6.45) is 0. The van der Waals surface area contributed by atoms with Crippen molar-refractivity contribution in [3.05, 3.63) is 66.5 Å². The normalized spacial score (nSPS) is 10.8. The highest BCUT2D eigenvalue weighted by Crippen LogP contribution is 2.23. The lowest BCUT2D eigenvalue weighted by Crippen LogP contribution is -2.02. The zero-order valence-electron chi connectivity index (χ0n) is 12.1. The van der Waals surface area contributed by atoms with Crippen LogP contribution in [0.3, 0.4) is 0 Å². The summed E-state index contributed by atoms with van der Waals surface area (Å²) >= 11 is 1.45. The average molecular weight is 323 g/mol. The van der Waals surface area contributed by atoms with Gasteiger partial charge in [-0.25, -0.2) is 0 Å². The van der Waals surface area contributed by atoms with Crippen LogP contribution in [-0.2, 0) is 6.61 Å². The van der Waals surface area contributed by atoms with Gasteiger partial charge in [0.15, 0.2) is 5.82 Å². The van der Waals surface area contributed by atoms with Crippen molar-refractivity contribution in [3.8, 4) is 5.75 Å². The number of fused-ring (bicyclic) bond motifs is 1. The summed E-state index contributed by atoms with van der Waals surface area (Å²) in [5.74, 6) is 1.46. The van der Waals surface area contributed by atoms with Crippen molar-refractivity contribution >= 4 is 27.1 Å². The zero-order valence-corrected chi connectivity index (χ0v) is 12.9. The Morgan fingerprint density at radius 2 is 1.70 bits per heavy atom. The van der Waals surface area contributed by atoms with E-state index in [0.717, 1.165) is 21.5 Å². The van der Waals surface area contributed by atoms with E-state index in [0.29, 0.717) is 12.4 Å². The van der Waals surface area contributed by atoms with Gasteiger partial charge in [-0.3, -0.25) is 0 Å². The summed E-state index contributed by atoms with van der Waals surface area (Å²) < 4.78 is 7.41. The predicted octanol–water partition coefficient (Wildman–Crippen LogP) is 3.51. The summed E-state index contributed by atoms with van der Waals surface area (Å²) in [6, 6.07) is 19.5. The summed E-state index contributed by atoms with van der Waals surface area (Å²) in [6.45, 7) is 0.319. The molecule has 0 aliphatic heterocycles. The molecule has 0 aliphatic rings. The Labute approximate surface area is 136 Å². The molecule has 114 valence electrons. The van der Waals surface area contributed by atoms with Crippen LogP contribution in [0.15, 0.2) is 60.7 Å². The second kappa shape index (κ2) is 6.05. The van der Waals surface area contributed by atoms with Crippen LogP contribution in [0.2, 0.25) is 0 Å². The highest BCUT2D eigenvalue weighted by atomic mass is 32.1. The molecule has 4 rings (SSSR count). The van der Waals surface area contributed by atoms with E-state index in [1.807, 2.05) is 60.7 Å². The molecule has 2 aromatic heterocycles. The first-order chi connectivity index (χ1) is 11.4. The molecule has 7 heteroatoms. The number of ether oxygens (including phenoxy) is 1. The van der Waals surface area contributed by atoms with E-state index < -0.39 is 0 Å². The van der Waals surface area contributed by atoms with Gasteiger partial charge >= 0.3 is 0 Å². The van der Waals surface area contributed by atoms with Gasteiger partial charge in [-0.15, -0.1) is 15.3 Å². The lowest BCUT2D eigenvalue weighted by Gasteiger charge is -2.03. The number of anilines is 2. The molecule has 0 aliphatic carbocycles. The van der Waals surface area contributed by atoms with Crippen LogP contribution in [0.1, 0.15) is 5.82 Å². The van der Waals surface area contributed by atoms with Crippen molar-refractivity contribution in [2.45, 2.75) is 6.61 Å². The molecule has 23 heavy (non-hydrogen) atoms. The average Bonchev–Trinajstić information content (AvgIpc) is 3.15. The molecule has 2 heterocycles. The van der Waals surface area contributed by atoms with Gasteiger partial charge in [0.25, 0.3) is 0 Å². The maximum Gasteiger partial charge on any atom is 0.236 e. The van der Waals surface area contributed by atoms with Crippen molar-refractivity contribution < 1.29 is 4.74 Å². The first-order valence-electron chi connectivity index (χ1n) is 7.09. The lowest BCUT2D eigenvalue weighted by molar-refractivity contribution is 0.293. The van der Waals surface area contributed by atoms with Gasteiger partial charge < -0.3 is 10.1 Å². The monoisotopic (exact) mass is 323 g/mol. The summed E-state index contributed by atoms with van der Waals surface area (Å²) in [7, 11) is 0. The predicted molar refractivity (Wildman–Crippen MR) is 89.2 cm³/mol. The molecule has 0 amide bonds. The number of para-hydroxylation sites is 2. The molecule has 2 aromatic carbocycles. The molecule has 0 radical (unpaired) electrons. The van der Waals surface area contributed by atoms with Crippen molar-refractivity contribution in [1.29, 1.82) is 0 Å². The third kappa shape index (κ3) is 3.00. The van der Waals surface area contributed by atoms with Crippen LogP contribution in [0, 0.1) is 0 Å². The third-order valence-electron chi connectivity index (χ3n) is 3.19. The van der Waals surface area contributed by atoms with Crippen LogP contribution in [-0.4, -0.2) is 19.8 Å². The number of hydrogen-bond acceptors (Lipinski definition) is 6. The number of hydrogen-bond donors (Lipinski definition) is 1. The van der Waals surface area contributed by atoms with Gasteiger partial charge in [-0.2, -0.15) is 4.52 Å². The molecule has 0 saturated heterocycles. The lowest BCUT2D eigenvalue weighted by atomic mass is 10.3. The Balaban J connectivity index is 1.52. The quantitative estimate of drug-likeness (QED) is 0.609. The first-order valence-corrected chi connectivity index (χ1v) is 7.91. The Kier molecular flexibility index (Phi) is 3.61. The van der Waals surface area contributed by atoms with Gasteiger partial charge in [-0.1, -0.05) is 47.7 Å². The Morgan fingerprint density at radius 1 is 0.957 bits per heavy atom. The molecular formula is C16H13N5OS. The van der Waals surface area contributed by atoms with E-state index in [4.69, 9.17) is 4.74 Å². The molecule has 0 unspecified atom stereocenters. The summed E-state index contributed by atoms with van der Waals surface area (Å²) in [5, 5.41) is 16.8. The molecule has 0 saturated carbocycles. The van der Waals surface area contributed by atoms with Crippen molar-refractivity contribution in [3.63, 3.8) is 0 Å². The molecule has 0 fully saturated rings. The minimum absolute atomic E-state index is 0.319. The Hall–Kier alpha value is -2.93. The van der Waals surface area contributed by atoms with Crippen LogP contribution >= 0.6 is 11.3 Å². The fraction of sp³-hybridized carbons (Fsp3) is 0.0625. The standard InChI is InChI=1S/C16H13N5OS/c1-3-7-12(8-4-1)17-15-20-21-14(18-19-16(21)23-15)11-22-13-9-5-2-6-10-13/h1-10H,11H2,(H,17,20). The highest BCUT2D eigenvalue weighted by Gasteiger charge is 2.12. The van der Waals surface area contributed by atoms with E-state index in [2.05, 4.69) is 20.6 Å². The maximum absolute atomic E-state index is 5.71. The molecule has 0 spiro atoms. The number of nitrogens with one attached hydrogen (secondary N) is 1. The number of rotatable bonds is 5. The SMILES string of the molecule is c1ccc(Nc2nn3c(COc4ccccc4)nnc3s2)cc1. The van der Waals surface area contributed by atoms with Gasteiger partial charge in [0.2, 0.25) is 10.1 Å². The number of benzene rings is 2. The van der Waals surface area contributed by atoms with Gasteiger partial charge in [0, 0.05) is 5.69 Å². The van der Waals surface area contributed by atoms with E-state index in [9.17, 15) is 0 Å². The fourth-order valence-electron chi connectivity index (χ4n) is 2.11. The number of nitrogens with zero attached hydrogens (tertiary/aromatic N) is 4. The van der Waals surface area contributed by atoms with Crippen molar-refractivity contribution in [2.75, 3.05) is 5.32 Å². The fourth-order valence-corrected chi connectivity index (χ4v) is 2.89. The van der Waals surface area contributed by atoms with Gasteiger partial charge in [0.1, 0.15) is 12.4 Å². The Morgan fingerprint density at radius 3 is 2.48 bits per heavy atom. The van der Waals surface area contributed by atoms with Gasteiger partial charge in [0.05, 0.1) is 0 Å². The molecule has 4 aromatic rings. The molecule has 0 bridgehead atoms. The first kappa shape index (κ1) is 13.7. The minimum atomic E-state index is 0.319. The minimum Gasteiger partial charge on any atom is -0.486 e. The van der Waals surface area contributed by atoms with Crippen LogP contribution in [0.4, 0.5) is 10.8 Å². The third-order valence-corrected chi connectivity index (χ3v) is 4.01. The second-order valence-corrected chi connectivity index (χ2v) is 5.77. The van der Waals surface area contributed by atoms with Crippen molar-refractivity contribution in [2.24, 2.45) is 0 Å². The largest absolute Gasteiger partial charge is 0.486 e. The van der Waals surface area contributed by atoms with Gasteiger partial charge in [-0.05, 0) is 24.3 Å². The summed E-state index contributed by atoms with van der Waals surface area (Å²) in [5.41, 5.74) is 0.986. The van der Waals surface area contributed by atoms with E-state index in [1.165, 1.54) is 11.3 Å².